The summed E-state index contributed by atoms with van der Waals surface area (Å²) in [5.74, 6) is -0.425. The molecule has 2 N–H and O–H groups in total. The Kier molecular flexibility index (Phi) is 5.14. The molecule has 28 heavy (non-hydrogen) atoms. The van der Waals surface area contributed by atoms with Crippen LogP contribution in [-0.2, 0) is 4.79 Å². The van der Waals surface area contributed by atoms with Crippen molar-refractivity contribution in [1.82, 2.24) is 20.1 Å². The Morgan fingerprint density at radius 3 is 2.68 bits per heavy atom. The number of amides is 2. The summed E-state index contributed by atoms with van der Waals surface area (Å²) in [6.07, 6.45) is 3.25. The number of benzene rings is 1. The van der Waals surface area contributed by atoms with Crippen LogP contribution in [0.3, 0.4) is 0 Å². The second kappa shape index (κ2) is 8.04. The average Bonchev–Trinajstić information content (AvgIpc) is 3.25. The van der Waals surface area contributed by atoms with Crippen LogP contribution >= 0.6 is 0 Å². The summed E-state index contributed by atoms with van der Waals surface area (Å²) in [6.45, 7) is 1.03. The maximum atomic E-state index is 12.9. The molecule has 142 valence electrons. The van der Waals surface area contributed by atoms with E-state index in [1.807, 2.05) is 48.5 Å². The van der Waals surface area contributed by atoms with E-state index < -0.39 is 0 Å². The first kappa shape index (κ1) is 17.9. The van der Waals surface area contributed by atoms with Crippen LogP contribution in [-0.4, -0.2) is 45.0 Å². The van der Waals surface area contributed by atoms with Crippen LogP contribution < -0.4 is 5.32 Å². The first-order chi connectivity index (χ1) is 13.7. The van der Waals surface area contributed by atoms with Gasteiger partial charge in [-0.3, -0.25) is 19.7 Å². The van der Waals surface area contributed by atoms with Crippen LogP contribution in [0.4, 0.5) is 5.69 Å². The van der Waals surface area contributed by atoms with E-state index >= 15 is 0 Å². The van der Waals surface area contributed by atoms with E-state index in [1.54, 1.807) is 17.2 Å². The molecule has 1 atom stereocenters. The number of aromatic nitrogens is 3. The minimum absolute atomic E-state index is 0.0533. The van der Waals surface area contributed by atoms with Gasteiger partial charge in [-0.1, -0.05) is 24.3 Å². The summed E-state index contributed by atoms with van der Waals surface area (Å²) in [5, 5.41) is 9.93. The van der Waals surface area contributed by atoms with E-state index in [1.165, 1.54) is 0 Å². The number of piperidine rings is 1. The van der Waals surface area contributed by atoms with Gasteiger partial charge in [0.05, 0.1) is 11.6 Å². The maximum absolute atomic E-state index is 12.9. The smallest absolute Gasteiger partial charge is 0.271 e. The zero-order valence-corrected chi connectivity index (χ0v) is 15.3. The predicted octanol–water partition coefficient (Wildman–Crippen LogP) is 2.96. The number of nitrogens with one attached hydrogen (secondary N) is 2. The number of anilines is 1. The van der Waals surface area contributed by atoms with Crippen molar-refractivity contribution in [1.29, 1.82) is 0 Å². The van der Waals surface area contributed by atoms with Gasteiger partial charge in [0.25, 0.3) is 5.91 Å². The van der Waals surface area contributed by atoms with Crippen molar-refractivity contribution in [3.63, 3.8) is 0 Å². The molecule has 0 saturated carbocycles. The molecule has 1 saturated heterocycles. The number of pyridine rings is 1. The third kappa shape index (κ3) is 3.93. The highest BCUT2D eigenvalue weighted by Crippen LogP contribution is 2.21. The van der Waals surface area contributed by atoms with Gasteiger partial charge >= 0.3 is 0 Å². The summed E-state index contributed by atoms with van der Waals surface area (Å²) in [7, 11) is 0. The molecule has 2 aromatic heterocycles. The lowest BCUT2D eigenvalue weighted by Crippen LogP contribution is -2.43. The monoisotopic (exact) mass is 375 g/mol. The zero-order chi connectivity index (χ0) is 19.3. The minimum atomic E-state index is -0.226. The summed E-state index contributed by atoms with van der Waals surface area (Å²) in [4.78, 5) is 31.4. The number of aromatic amines is 1. The molecule has 7 heteroatoms. The number of rotatable bonds is 4. The van der Waals surface area contributed by atoms with E-state index in [2.05, 4.69) is 20.5 Å². The highest BCUT2D eigenvalue weighted by molar-refractivity contribution is 5.95. The van der Waals surface area contributed by atoms with Gasteiger partial charge in [-0.15, -0.1) is 0 Å². The van der Waals surface area contributed by atoms with Gasteiger partial charge in [-0.05, 0) is 43.2 Å². The van der Waals surface area contributed by atoms with E-state index in [-0.39, 0.29) is 17.7 Å². The third-order valence-corrected chi connectivity index (χ3v) is 4.86. The predicted molar refractivity (Wildman–Crippen MR) is 106 cm³/mol. The molecule has 2 amide bonds. The number of para-hydroxylation sites is 1. The van der Waals surface area contributed by atoms with Gasteiger partial charge in [0.2, 0.25) is 5.91 Å². The third-order valence-electron chi connectivity index (χ3n) is 4.86. The Hall–Kier alpha value is -3.48. The van der Waals surface area contributed by atoms with E-state index in [4.69, 9.17) is 0 Å². The van der Waals surface area contributed by atoms with Crippen molar-refractivity contribution in [2.75, 3.05) is 18.4 Å². The van der Waals surface area contributed by atoms with Gasteiger partial charge in [0.15, 0.2) is 0 Å². The Morgan fingerprint density at radius 1 is 1.07 bits per heavy atom. The lowest BCUT2D eigenvalue weighted by Gasteiger charge is -2.31. The molecular weight excluding hydrogens is 354 g/mol. The van der Waals surface area contributed by atoms with Crippen LogP contribution in [0.15, 0.2) is 60.8 Å². The van der Waals surface area contributed by atoms with Crippen molar-refractivity contribution in [2.45, 2.75) is 12.8 Å². The molecule has 1 aromatic carbocycles. The molecule has 0 radical (unpaired) electrons. The van der Waals surface area contributed by atoms with E-state index in [0.29, 0.717) is 30.2 Å². The lowest BCUT2D eigenvalue weighted by atomic mass is 9.96. The fraction of sp³-hybridized carbons (Fsp3) is 0.238. The summed E-state index contributed by atoms with van der Waals surface area (Å²) in [6, 6.07) is 16.6. The average molecular weight is 375 g/mol. The summed E-state index contributed by atoms with van der Waals surface area (Å²) in [5.41, 5.74) is 2.50. The Labute approximate surface area is 162 Å². The van der Waals surface area contributed by atoms with Crippen molar-refractivity contribution in [2.24, 2.45) is 5.92 Å². The van der Waals surface area contributed by atoms with Crippen LogP contribution in [0.5, 0.6) is 0 Å². The van der Waals surface area contributed by atoms with Gasteiger partial charge < -0.3 is 10.2 Å². The molecule has 0 unspecified atom stereocenters. The van der Waals surface area contributed by atoms with Crippen LogP contribution in [0.25, 0.3) is 11.4 Å². The normalized spacial score (nSPS) is 16.6. The van der Waals surface area contributed by atoms with E-state index in [9.17, 15) is 9.59 Å². The standard InChI is InChI=1S/C21H21N5O2/c27-20(23-16-8-2-1-3-9-16)15-7-6-12-26(14-15)21(28)19-13-18(24-25-19)17-10-4-5-11-22-17/h1-5,8-11,13,15H,6-7,12,14H2,(H,23,27)(H,24,25)/t15-/m0/s1. The highest BCUT2D eigenvalue weighted by atomic mass is 16.2. The molecule has 4 rings (SSSR count). The number of H-pyrrole nitrogens is 1. The Morgan fingerprint density at radius 2 is 1.89 bits per heavy atom. The Balaban J connectivity index is 1.42. The van der Waals surface area contributed by atoms with Crippen LogP contribution in [0.2, 0.25) is 0 Å². The number of carbonyl (C=O) groups is 2. The maximum Gasteiger partial charge on any atom is 0.271 e. The fourth-order valence-electron chi connectivity index (χ4n) is 3.39. The highest BCUT2D eigenvalue weighted by Gasteiger charge is 2.29. The quantitative estimate of drug-likeness (QED) is 0.733. The first-order valence-electron chi connectivity index (χ1n) is 9.33. The summed E-state index contributed by atoms with van der Waals surface area (Å²) >= 11 is 0. The number of hydrogen-bond acceptors (Lipinski definition) is 4. The van der Waals surface area contributed by atoms with Crippen LogP contribution in [0, 0.1) is 5.92 Å². The van der Waals surface area contributed by atoms with E-state index in [0.717, 1.165) is 18.5 Å². The van der Waals surface area contributed by atoms with Gasteiger partial charge in [-0.2, -0.15) is 5.10 Å². The lowest BCUT2D eigenvalue weighted by molar-refractivity contribution is -0.121. The molecule has 1 fully saturated rings. The molecule has 0 aliphatic carbocycles. The van der Waals surface area contributed by atoms with Crippen LogP contribution in [0.1, 0.15) is 23.3 Å². The fourth-order valence-corrected chi connectivity index (χ4v) is 3.39. The van der Waals surface area contributed by atoms with Gasteiger partial charge in [0.1, 0.15) is 11.4 Å². The number of carbonyl (C=O) groups excluding carboxylic acids is 2. The topological polar surface area (TPSA) is 91.0 Å². The van der Waals surface area contributed by atoms with Crippen molar-refractivity contribution in [3.8, 4) is 11.4 Å². The Bertz CT molecular complexity index is 955. The second-order valence-corrected chi connectivity index (χ2v) is 6.83. The van der Waals surface area contributed by atoms with Crippen molar-refractivity contribution < 1.29 is 9.59 Å². The minimum Gasteiger partial charge on any atom is -0.337 e. The van der Waals surface area contributed by atoms with Gasteiger partial charge in [-0.25, -0.2) is 0 Å². The number of nitrogens with zero attached hydrogens (tertiary/aromatic N) is 3. The van der Waals surface area contributed by atoms with Crippen molar-refractivity contribution >= 4 is 17.5 Å². The van der Waals surface area contributed by atoms with Crippen molar-refractivity contribution in [3.05, 3.63) is 66.5 Å². The number of hydrogen-bond donors (Lipinski definition) is 2. The SMILES string of the molecule is O=C(Nc1ccccc1)[C@H]1CCCN(C(=O)c2cc(-c3ccccn3)n[nH]2)C1. The van der Waals surface area contributed by atoms with Gasteiger partial charge in [0, 0.05) is 25.0 Å². The first-order valence-corrected chi connectivity index (χ1v) is 9.33. The molecule has 3 aromatic rings. The zero-order valence-electron chi connectivity index (χ0n) is 15.3. The molecular formula is C21H21N5O2. The summed E-state index contributed by atoms with van der Waals surface area (Å²) < 4.78 is 0. The largest absolute Gasteiger partial charge is 0.337 e. The molecule has 0 spiro atoms. The molecule has 0 bridgehead atoms. The number of likely N-dealkylation sites (tertiary alicyclic amines) is 1. The second-order valence-electron chi connectivity index (χ2n) is 6.83. The molecule has 1 aliphatic rings. The molecule has 3 heterocycles. The molecule has 1 aliphatic heterocycles. The molecule has 7 nitrogen and oxygen atoms in total.